The number of nitriles is 1. The molecule has 40 heavy (non-hydrogen) atoms. The van der Waals surface area contributed by atoms with Crippen LogP contribution in [0.15, 0.2) is 42.5 Å². The highest BCUT2D eigenvalue weighted by molar-refractivity contribution is 7.85. The Bertz CT molecular complexity index is 1520. The molecule has 2 amide bonds. The van der Waals surface area contributed by atoms with Crippen LogP contribution >= 0.6 is 0 Å². The lowest BCUT2D eigenvalue weighted by Crippen LogP contribution is -2.41. The lowest BCUT2D eigenvalue weighted by atomic mass is 9.96. The Balaban J connectivity index is 1.57. The highest BCUT2D eigenvalue weighted by Gasteiger charge is 2.33. The first-order valence-corrected chi connectivity index (χ1v) is 13.7. The van der Waals surface area contributed by atoms with Gasteiger partial charge < -0.3 is 15.4 Å². The highest BCUT2D eigenvalue weighted by Crippen LogP contribution is 2.30. The van der Waals surface area contributed by atoms with E-state index in [4.69, 9.17) is 10.00 Å². The number of nitrogens with zero attached hydrogens (tertiary/aromatic N) is 3. The van der Waals surface area contributed by atoms with Gasteiger partial charge in [0, 0.05) is 35.6 Å². The van der Waals surface area contributed by atoms with Crippen molar-refractivity contribution in [3.05, 3.63) is 70.7 Å². The summed E-state index contributed by atoms with van der Waals surface area (Å²) in [6, 6.07) is 11.3. The number of fused-ring (bicyclic) bond motifs is 1. The van der Waals surface area contributed by atoms with Gasteiger partial charge in [0.1, 0.15) is 34.8 Å². The number of hydrogen-bond donors (Lipinski definition) is 2. The summed E-state index contributed by atoms with van der Waals surface area (Å²) in [4.78, 5) is 25.6. The molecule has 0 saturated carbocycles. The largest absolute Gasteiger partial charge is 0.484 e. The molecule has 2 unspecified atom stereocenters. The molecular formula is C26H23F4N5O4S. The van der Waals surface area contributed by atoms with E-state index in [0.717, 1.165) is 6.07 Å². The zero-order chi connectivity index (χ0) is 29.0. The molecule has 2 N–H and O–H groups in total. The standard InChI is InChI=1S/C26H23F4N5O4S/c1-40(38)13-22(36)33-24-23-21(34-35(24)18-8-6-16(12-31)20(27)11-18)10-17(32-25(23)37)7-5-15-3-2-4-19(9-15)39-14-26(28,29)30/h2-4,6,8-9,11,17H,5,7,10,13-14H2,1H3,(H,32,37)(H,33,36). The third-order valence-electron chi connectivity index (χ3n) is 5.95. The Kier molecular flexibility index (Phi) is 8.53. The van der Waals surface area contributed by atoms with Crippen molar-refractivity contribution in [2.24, 2.45) is 0 Å². The van der Waals surface area contributed by atoms with Gasteiger partial charge in [0.25, 0.3) is 5.91 Å². The Labute approximate surface area is 228 Å². The normalized spacial score (nSPS) is 15.5. The van der Waals surface area contributed by atoms with Crippen molar-refractivity contribution < 1.29 is 36.1 Å². The summed E-state index contributed by atoms with van der Waals surface area (Å²) in [5.74, 6) is -2.28. The maximum atomic E-state index is 14.4. The average Bonchev–Trinajstić information content (AvgIpc) is 3.24. The number of aromatic nitrogens is 2. The van der Waals surface area contributed by atoms with Gasteiger partial charge >= 0.3 is 6.18 Å². The molecule has 2 aromatic carbocycles. The average molecular weight is 578 g/mol. The second-order valence-corrected chi connectivity index (χ2v) is 10.5. The van der Waals surface area contributed by atoms with Crippen LogP contribution in [0.1, 0.15) is 33.6 Å². The van der Waals surface area contributed by atoms with E-state index in [2.05, 4.69) is 15.7 Å². The topological polar surface area (TPSA) is 126 Å². The summed E-state index contributed by atoms with van der Waals surface area (Å²) in [6.45, 7) is -1.41. The van der Waals surface area contributed by atoms with E-state index in [1.165, 1.54) is 35.2 Å². The second kappa shape index (κ2) is 11.9. The van der Waals surface area contributed by atoms with Crippen LogP contribution in [0.3, 0.4) is 0 Å². The summed E-state index contributed by atoms with van der Waals surface area (Å²) >= 11 is 0. The van der Waals surface area contributed by atoms with E-state index >= 15 is 0 Å². The van der Waals surface area contributed by atoms with Crippen molar-refractivity contribution in [2.75, 3.05) is 23.9 Å². The van der Waals surface area contributed by atoms with Gasteiger partial charge in [-0.05, 0) is 42.7 Å². The van der Waals surface area contributed by atoms with E-state index in [1.54, 1.807) is 18.2 Å². The van der Waals surface area contributed by atoms with E-state index in [-0.39, 0.29) is 40.6 Å². The number of rotatable bonds is 9. The molecule has 2 atom stereocenters. The Hall–Kier alpha value is -4.25. The fourth-order valence-corrected chi connectivity index (χ4v) is 4.68. The summed E-state index contributed by atoms with van der Waals surface area (Å²) in [6.07, 6.45) is -2.03. The van der Waals surface area contributed by atoms with Crippen molar-refractivity contribution in [3.8, 4) is 17.5 Å². The summed E-state index contributed by atoms with van der Waals surface area (Å²) in [5.41, 5.74) is 1.06. The van der Waals surface area contributed by atoms with Crippen LogP contribution in [-0.2, 0) is 28.4 Å². The monoisotopic (exact) mass is 577 g/mol. The van der Waals surface area contributed by atoms with Crippen LogP contribution in [0.2, 0.25) is 0 Å². The molecule has 0 saturated heterocycles. The molecule has 0 radical (unpaired) electrons. The third kappa shape index (κ3) is 7.03. The van der Waals surface area contributed by atoms with Crippen molar-refractivity contribution in [1.82, 2.24) is 15.1 Å². The number of benzene rings is 2. The number of amides is 2. The molecule has 210 valence electrons. The smallest absolute Gasteiger partial charge is 0.422 e. The first kappa shape index (κ1) is 28.8. The second-order valence-electron chi connectivity index (χ2n) is 9.09. The van der Waals surface area contributed by atoms with E-state index < -0.39 is 47.3 Å². The molecule has 0 aliphatic carbocycles. The minimum absolute atomic E-state index is 0.0278. The molecule has 1 aliphatic rings. The van der Waals surface area contributed by atoms with Gasteiger partial charge in [0.2, 0.25) is 5.91 Å². The molecule has 4 rings (SSSR count). The maximum Gasteiger partial charge on any atom is 0.422 e. The lowest BCUT2D eigenvalue weighted by molar-refractivity contribution is -0.153. The lowest BCUT2D eigenvalue weighted by Gasteiger charge is -2.23. The number of nitrogens with one attached hydrogen (secondary N) is 2. The first-order chi connectivity index (χ1) is 18.9. The predicted molar refractivity (Wildman–Crippen MR) is 137 cm³/mol. The fourth-order valence-electron chi connectivity index (χ4n) is 4.24. The van der Waals surface area contributed by atoms with Crippen molar-refractivity contribution in [3.63, 3.8) is 0 Å². The van der Waals surface area contributed by atoms with E-state index in [9.17, 15) is 31.4 Å². The zero-order valence-electron chi connectivity index (χ0n) is 21.0. The van der Waals surface area contributed by atoms with Crippen LogP contribution in [-0.4, -0.2) is 56.6 Å². The summed E-state index contributed by atoms with van der Waals surface area (Å²) in [7, 11) is -1.46. The highest BCUT2D eigenvalue weighted by atomic mass is 32.2. The molecule has 1 aliphatic heterocycles. The zero-order valence-corrected chi connectivity index (χ0v) is 21.9. The van der Waals surface area contributed by atoms with Gasteiger partial charge in [0.05, 0.1) is 16.9 Å². The van der Waals surface area contributed by atoms with Crippen molar-refractivity contribution in [1.29, 1.82) is 5.26 Å². The fraction of sp³-hybridized carbons (Fsp3) is 0.308. The predicted octanol–water partition coefficient (Wildman–Crippen LogP) is 3.43. The van der Waals surface area contributed by atoms with Crippen LogP contribution in [0, 0.1) is 17.1 Å². The van der Waals surface area contributed by atoms with Gasteiger partial charge in [-0.15, -0.1) is 0 Å². The van der Waals surface area contributed by atoms with Gasteiger partial charge in [-0.3, -0.25) is 13.8 Å². The molecule has 0 spiro atoms. The minimum atomic E-state index is -4.46. The molecule has 1 aromatic heterocycles. The molecule has 9 nitrogen and oxygen atoms in total. The van der Waals surface area contributed by atoms with Gasteiger partial charge in [-0.25, -0.2) is 9.07 Å². The van der Waals surface area contributed by atoms with E-state index in [0.29, 0.717) is 24.1 Å². The molecule has 14 heteroatoms. The first-order valence-electron chi connectivity index (χ1n) is 11.9. The number of hydrogen-bond acceptors (Lipinski definition) is 6. The molecule has 0 bridgehead atoms. The number of carbonyl (C=O) groups is 2. The third-order valence-corrected chi connectivity index (χ3v) is 6.62. The molecule has 0 fully saturated rings. The quantitative estimate of drug-likeness (QED) is 0.376. The van der Waals surface area contributed by atoms with Gasteiger partial charge in [0.15, 0.2) is 6.61 Å². The SMILES string of the molecule is CS(=O)CC(=O)Nc1c2c(nn1-c1ccc(C#N)c(F)c1)CC(CCc1cccc(OCC(F)(F)F)c1)NC2=O. The van der Waals surface area contributed by atoms with E-state index in [1.807, 2.05) is 0 Å². The van der Waals surface area contributed by atoms with Crippen molar-refractivity contribution in [2.45, 2.75) is 31.5 Å². The summed E-state index contributed by atoms with van der Waals surface area (Å²) < 4.78 is 69.3. The van der Waals surface area contributed by atoms with Gasteiger partial charge in [-0.1, -0.05) is 12.1 Å². The number of alkyl halides is 3. The van der Waals surface area contributed by atoms with Crippen molar-refractivity contribution >= 4 is 28.4 Å². The number of halogens is 4. The molecular weight excluding hydrogens is 554 g/mol. The number of aryl methyl sites for hydroxylation is 1. The van der Waals surface area contributed by atoms with Crippen LogP contribution < -0.4 is 15.4 Å². The Morgan fingerprint density at radius 3 is 2.75 bits per heavy atom. The van der Waals surface area contributed by atoms with Crippen LogP contribution in [0.4, 0.5) is 23.4 Å². The van der Waals surface area contributed by atoms with Crippen LogP contribution in [0.5, 0.6) is 5.75 Å². The number of carbonyl (C=O) groups excluding carboxylic acids is 2. The summed E-state index contributed by atoms with van der Waals surface area (Å²) in [5, 5.41) is 18.9. The molecule has 3 aromatic rings. The van der Waals surface area contributed by atoms with Crippen LogP contribution in [0.25, 0.3) is 5.69 Å². The molecule has 2 heterocycles. The maximum absolute atomic E-state index is 14.4. The van der Waals surface area contributed by atoms with Gasteiger partial charge in [-0.2, -0.15) is 23.5 Å². The minimum Gasteiger partial charge on any atom is -0.484 e. The Morgan fingerprint density at radius 2 is 2.08 bits per heavy atom. The number of anilines is 1. The number of ether oxygens (including phenoxy) is 1. The Morgan fingerprint density at radius 1 is 1.30 bits per heavy atom.